The second-order valence-corrected chi connectivity index (χ2v) is 6.46. The molecule has 3 aromatic rings. The van der Waals surface area contributed by atoms with E-state index in [0.717, 1.165) is 36.2 Å². The summed E-state index contributed by atoms with van der Waals surface area (Å²) in [6.07, 6.45) is 2.68. The zero-order valence-corrected chi connectivity index (χ0v) is 13.9. The molecule has 4 rings (SSSR count). The van der Waals surface area contributed by atoms with Crippen molar-refractivity contribution in [3.63, 3.8) is 0 Å². The van der Waals surface area contributed by atoms with Crippen LogP contribution in [0.4, 0.5) is 5.82 Å². The molecule has 6 heteroatoms. The Morgan fingerprint density at radius 1 is 1.13 bits per heavy atom. The van der Waals surface area contributed by atoms with Crippen LogP contribution in [0.3, 0.4) is 0 Å². The van der Waals surface area contributed by atoms with Crippen molar-refractivity contribution >= 4 is 28.1 Å². The van der Waals surface area contributed by atoms with Crippen molar-refractivity contribution in [2.75, 3.05) is 25.7 Å². The standard InChI is InChI=1S/C17H17N3O2S/c1-21-14-7-12-13(8-15(14)22-2)18-10-19-17(12)20-5-3-16-11(9-20)4-6-23-16/h4,6-8,10H,3,5,9H2,1-2H3. The SMILES string of the molecule is COc1cc2ncnc(N3CCc4sccc4C3)c2cc1OC. The number of hydrogen-bond donors (Lipinski definition) is 0. The van der Waals surface area contributed by atoms with Crippen LogP contribution in [0.2, 0.25) is 0 Å². The molecule has 1 aliphatic rings. The molecule has 0 fully saturated rings. The van der Waals surface area contributed by atoms with E-state index in [1.54, 1.807) is 20.5 Å². The van der Waals surface area contributed by atoms with E-state index in [-0.39, 0.29) is 0 Å². The second-order valence-electron chi connectivity index (χ2n) is 5.46. The minimum Gasteiger partial charge on any atom is -0.493 e. The molecular formula is C17H17N3O2S. The molecule has 0 bridgehead atoms. The molecule has 1 aliphatic heterocycles. The highest BCUT2D eigenvalue weighted by Crippen LogP contribution is 2.36. The maximum Gasteiger partial charge on any atom is 0.162 e. The first-order valence-electron chi connectivity index (χ1n) is 7.47. The van der Waals surface area contributed by atoms with Gasteiger partial charge in [-0.2, -0.15) is 0 Å². The molecule has 0 radical (unpaired) electrons. The number of thiophene rings is 1. The topological polar surface area (TPSA) is 47.5 Å². The number of rotatable bonds is 3. The van der Waals surface area contributed by atoms with Gasteiger partial charge in [0.25, 0.3) is 0 Å². The number of fused-ring (bicyclic) bond motifs is 2. The summed E-state index contributed by atoms with van der Waals surface area (Å²) in [6.45, 7) is 1.85. The third kappa shape index (κ3) is 2.39. The maximum atomic E-state index is 5.43. The first-order chi connectivity index (χ1) is 11.3. The van der Waals surface area contributed by atoms with Gasteiger partial charge in [0, 0.05) is 29.4 Å². The van der Waals surface area contributed by atoms with Crippen molar-refractivity contribution in [3.8, 4) is 11.5 Å². The fourth-order valence-electron chi connectivity index (χ4n) is 3.05. The Morgan fingerprint density at radius 3 is 2.78 bits per heavy atom. The molecule has 23 heavy (non-hydrogen) atoms. The average molecular weight is 327 g/mol. The number of anilines is 1. The summed E-state index contributed by atoms with van der Waals surface area (Å²) in [5.41, 5.74) is 2.26. The third-order valence-corrected chi connectivity index (χ3v) is 5.25. The van der Waals surface area contributed by atoms with Crippen molar-refractivity contribution in [1.82, 2.24) is 9.97 Å². The lowest BCUT2D eigenvalue weighted by Crippen LogP contribution is -2.30. The van der Waals surface area contributed by atoms with Gasteiger partial charge >= 0.3 is 0 Å². The van der Waals surface area contributed by atoms with Crippen LogP contribution in [-0.2, 0) is 13.0 Å². The van der Waals surface area contributed by atoms with Crippen LogP contribution in [-0.4, -0.2) is 30.7 Å². The van der Waals surface area contributed by atoms with Gasteiger partial charge in [-0.15, -0.1) is 11.3 Å². The van der Waals surface area contributed by atoms with Crippen molar-refractivity contribution in [2.45, 2.75) is 13.0 Å². The minimum atomic E-state index is 0.684. The number of aromatic nitrogens is 2. The molecule has 0 saturated heterocycles. The lowest BCUT2D eigenvalue weighted by molar-refractivity contribution is 0.356. The summed E-state index contributed by atoms with van der Waals surface area (Å²) >= 11 is 1.84. The molecule has 1 aromatic carbocycles. The van der Waals surface area contributed by atoms with Gasteiger partial charge in [-0.3, -0.25) is 0 Å². The summed E-state index contributed by atoms with van der Waals surface area (Å²) in [7, 11) is 3.28. The van der Waals surface area contributed by atoms with Crippen LogP contribution < -0.4 is 14.4 Å². The molecule has 3 heterocycles. The van der Waals surface area contributed by atoms with E-state index < -0.39 is 0 Å². The molecule has 0 aliphatic carbocycles. The Balaban J connectivity index is 1.81. The van der Waals surface area contributed by atoms with Crippen LogP contribution in [0.25, 0.3) is 10.9 Å². The van der Waals surface area contributed by atoms with E-state index in [9.17, 15) is 0 Å². The Bertz CT molecular complexity index is 862. The summed E-state index contributed by atoms with van der Waals surface area (Å²) < 4.78 is 10.8. The van der Waals surface area contributed by atoms with Gasteiger partial charge in [-0.25, -0.2) is 9.97 Å². The molecule has 5 nitrogen and oxygen atoms in total. The van der Waals surface area contributed by atoms with Gasteiger partial charge in [0.2, 0.25) is 0 Å². The van der Waals surface area contributed by atoms with Gasteiger partial charge in [0.1, 0.15) is 12.1 Å². The Hall–Kier alpha value is -2.34. The monoisotopic (exact) mass is 327 g/mol. The molecular weight excluding hydrogens is 310 g/mol. The quantitative estimate of drug-likeness (QED) is 0.739. The van der Waals surface area contributed by atoms with E-state index in [0.29, 0.717) is 11.5 Å². The minimum absolute atomic E-state index is 0.684. The Morgan fingerprint density at radius 2 is 1.96 bits per heavy atom. The van der Waals surface area contributed by atoms with Crippen LogP contribution in [0.15, 0.2) is 29.9 Å². The smallest absolute Gasteiger partial charge is 0.162 e. The van der Waals surface area contributed by atoms with E-state index in [4.69, 9.17) is 9.47 Å². The van der Waals surface area contributed by atoms with Gasteiger partial charge in [-0.05, 0) is 29.5 Å². The zero-order valence-electron chi connectivity index (χ0n) is 13.1. The normalized spacial score (nSPS) is 13.9. The van der Waals surface area contributed by atoms with E-state index in [2.05, 4.69) is 26.3 Å². The highest BCUT2D eigenvalue weighted by molar-refractivity contribution is 7.10. The number of ether oxygens (including phenoxy) is 2. The lowest BCUT2D eigenvalue weighted by atomic mass is 10.1. The van der Waals surface area contributed by atoms with Crippen LogP contribution in [0, 0.1) is 0 Å². The van der Waals surface area contributed by atoms with Crippen molar-refractivity contribution in [2.24, 2.45) is 0 Å². The largest absolute Gasteiger partial charge is 0.493 e. The average Bonchev–Trinajstić information content (AvgIpc) is 3.07. The highest BCUT2D eigenvalue weighted by Gasteiger charge is 2.21. The van der Waals surface area contributed by atoms with E-state index in [1.807, 2.05) is 23.5 Å². The van der Waals surface area contributed by atoms with Gasteiger partial charge in [0.15, 0.2) is 11.5 Å². The Kier molecular flexibility index (Phi) is 3.53. The number of benzene rings is 1. The number of nitrogens with zero attached hydrogens (tertiary/aromatic N) is 3. The first kappa shape index (κ1) is 14.3. The summed E-state index contributed by atoms with van der Waals surface area (Å²) in [5.74, 6) is 2.33. The second kappa shape index (κ2) is 5.70. The van der Waals surface area contributed by atoms with Gasteiger partial charge < -0.3 is 14.4 Å². The van der Waals surface area contributed by atoms with Crippen LogP contribution >= 0.6 is 11.3 Å². The molecule has 0 amide bonds. The van der Waals surface area contributed by atoms with E-state index >= 15 is 0 Å². The van der Waals surface area contributed by atoms with Gasteiger partial charge in [-0.1, -0.05) is 0 Å². The molecule has 0 unspecified atom stereocenters. The summed E-state index contributed by atoms with van der Waals surface area (Å²) in [4.78, 5) is 12.7. The van der Waals surface area contributed by atoms with Crippen LogP contribution in [0.1, 0.15) is 10.4 Å². The van der Waals surface area contributed by atoms with E-state index in [1.165, 1.54) is 10.4 Å². The molecule has 0 N–H and O–H groups in total. The molecule has 0 spiro atoms. The molecule has 118 valence electrons. The molecule has 2 aromatic heterocycles. The molecule has 0 atom stereocenters. The first-order valence-corrected chi connectivity index (χ1v) is 8.35. The summed E-state index contributed by atoms with van der Waals surface area (Å²) in [5, 5.41) is 3.16. The zero-order chi connectivity index (χ0) is 15.8. The fraction of sp³-hybridized carbons (Fsp3) is 0.294. The van der Waals surface area contributed by atoms with Crippen molar-refractivity contribution < 1.29 is 9.47 Å². The number of methoxy groups -OCH3 is 2. The maximum absolute atomic E-state index is 5.43. The highest BCUT2D eigenvalue weighted by atomic mass is 32.1. The van der Waals surface area contributed by atoms with Gasteiger partial charge in [0.05, 0.1) is 19.7 Å². The van der Waals surface area contributed by atoms with Crippen molar-refractivity contribution in [3.05, 3.63) is 40.3 Å². The van der Waals surface area contributed by atoms with Crippen molar-refractivity contribution in [1.29, 1.82) is 0 Å². The third-order valence-electron chi connectivity index (χ3n) is 4.23. The fourth-order valence-corrected chi connectivity index (χ4v) is 3.94. The predicted molar refractivity (Wildman–Crippen MR) is 91.7 cm³/mol. The number of hydrogen-bond acceptors (Lipinski definition) is 6. The molecule has 0 saturated carbocycles. The van der Waals surface area contributed by atoms with Crippen LogP contribution in [0.5, 0.6) is 11.5 Å². The predicted octanol–water partition coefficient (Wildman–Crippen LogP) is 3.27. The lowest BCUT2D eigenvalue weighted by Gasteiger charge is -2.28. The Labute approximate surface area is 138 Å². The summed E-state index contributed by atoms with van der Waals surface area (Å²) in [6, 6.07) is 6.07.